The lowest BCUT2D eigenvalue weighted by Crippen LogP contribution is -2.47. The lowest BCUT2D eigenvalue weighted by atomic mass is 9.98. The zero-order valence-corrected chi connectivity index (χ0v) is 22.7. The van der Waals surface area contributed by atoms with Gasteiger partial charge in [0.2, 0.25) is 5.91 Å². The molecular weight excluding hydrogens is 565 g/mol. The molecule has 14 heteroatoms. The molecule has 41 heavy (non-hydrogen) atoms. The van der Waals surface area contributed by atoms with Gasteiger partial charge in [0.1, 0.15) is 18.2 Å². The van der Waals surface area contributed by atoms with Gasteiger partial charge in [-0.15, -0.1) is 0 Å². The number of benzene rings is 2. The number of nitrogens with zero attached hydrogens (tertiary/aromatic N) is 3. The fourth-order valence-electron chi connectivity index (χ4n) is 4.06. The molecule has 0 atom stereocenters. The van der Waals surface area contributed by atoms with Crippen molar-refractivity contribution in [2.75, 3.05) is 32.8 Å². The van der Waals surface area contributed by atoms with Gasteiger partial charge in [-0.05, 0) is 47.9 Å². The summed E-state index contributed by atoms with van der Waals surface area (Å²) in [5, 5.41) is 30.1. The number of carbonyl (C=O) groups excluding carboxylic acids is 2. The molecule has 220 valence electrons. The van der Waals surface area contributed by atoms with Crippen LogP contribution in [0.4, 0.5) is 18.0 Å². The smallest absolute Gasteiger partial charge is 0.390 e. The number of nitrogens with two attached hydrogens (primary N) is 1. The van der Waals surface area contributed by atoms with Crippen LogP contribution < -0.4 is 11.1 Å². The van der Waals surface area contributed by atoms with E-state index in [0.717, 1.165) is 5.56 Å². The summed E-state index contributed by atoms with van der Waals surface area (Å²) in [6, 6.07) is 11.2. The predicted octanol–water partition coefficient (Wildman–Crippen LogP) is 3.41. The molecule has 0 aliphatic carbocycles. The Morgan fingerprint density at radius 3 is 2.49 bits per heavy atom. The second-order valence-corrected chi connectivity index (χ2v) is 9.56. The van der Waals surface area contributed by atoms with Crippen LogP contribution in [-0.2, 0) is 11.3 Å². The number of alkyl halides is 3. The monoisotopic (exact) mass is 594 g/mol. The number of hydrogen-bond acceptors (Lipinski definition) is 7. The predicted molar refractivity (Wildman–Crippen MR) is 148 cm³/mol. The molecule has 0 unspecified atom stereocenters. The van der Waals surface area contributed by atoms with Crippen LogP contribution in [0.1, 0.15) is 24.0 Å². The lowest BCUT2D eigenvalue weighted by molar-refractivity contribution is -0.135. The van der Waals surface area contributed by atoms with Crippen molar-refractivity contribution in [3.05, 3.63) is 76.0 Å². The Labute approximate surface area is 239 Å². The SMILES string of the molecule is N=C(c1ccc(O)cc1)N(CCC(F)(F)F)C(=O)NC/C(N)=C1\CCN(C(=O)CO)CC1=NCc1ccccc1Cl. The van der Waals surface area contributed by atoms with E-state index in [1.54, 1.807) is 24.3 Å². The van der Waals surface area contributed by atoms with Gasteiger partial charge in [-0.25, -0.2) is 4.79 Å². The highest BCUT2D eigenvalue weighted by atomic mass is 35.5. The number of aliphatic hydroxyl groups excluding tert-OH is 1. The number of aliphatic hydroxyl groups is 1. The lowest BCUT2D eigenvalue weighted by Gasteiger charge is -2.30. The average Bonchev–Trinajstić information content (AvgIpc) is 2.94. The number of phenolic OH excluding ortho intramolecular Hbond substituents is 1. The Morgan fingerprint density at radius 2 is 1.85 bits per heavy atom. The summed E-state index contributed by atoms with van der Waals surface area (Å²) in [5.41, 5.74) is 8.34. The van der Waals surface area contributed by atoms with E-state index in [2.05, 4.69) is 10.3 Å². The van der Waals surface area contributed by atoms with Crippen LogP contribution in [-0.4, -0.2) is 82.5 Å². The summed E-state index contributed by atoms with van der Waals surface area (Å²) in [4.78, 5) is 31.8. The van der Waals surface area contributed by atoms with E-state index < -0.39 is 43.5 Å². The minimum atomic E-state index is -4.57. The van der Waals surface area contributed by atoms with Crippen LogP contribution in [0.25, 0.3) is 0 Å². The van der Waals surface area contributed by atoms with Crippen molar-refractivity contribution in [3.63, 3.8) is 0 Å². The number of rotatable bonds is 8. The summed E-state index contributed by atoms with van der Waals surface area (Å²) in [7, 11) is 0. The number of phenols is 1. The van der Waals surface area contributed by atoms with Crippen molar-refractivity contribution in [2.45, 2.75) is 25.6 Å². The quantitative estimate of drug-likeness (QED) is 0.234. The van der Waals surface area contributed by atoms with Crippen molar-refractivity contribution in [3.8, 4) is 5.75 Å². The average molecular weight is 595 g/mol. The number of aromatic hydroxyl groups is 1. The molecule has 3 rings (SSSR count). The first-order valence-corrected chi connectivity index (χ1v) is 12.9. The highest BCUT2D eigenvalue weighted by molar-refractivity contribution is 6.31. The van der Waals surface area contributed by atoms with Crippen molar-refractivity contribution in [2.24, 2.45) is 10.7 Å². The van der Waals surface area contributed by atoms with E-state index in [0.29, 0.717) is 21.2 Å². The molecule has 0 radical (unpaired) electrons. The van der Waals surface area contributed by atoms with E-state index in [-0.39, 0.29) is 49.6 Å². The first-order valence-electron chi connectivity index (χ1n) is 12.5. The van der Waals surface area contributed by atoms with Gasteiger partial charge in [-0.2, -0.15) is 13.2 Å². The van der Waals surface area contributed by atoms with Crippen LogP contribution in [0.2, 0.25) is 5.02 Å². The first-order chi connectivity index (χ1) is 19.4. The van der Waals surface area contributed by atoms with E-state index >= 15 is 0 Å². The van der Waals surface area contributed by atoms with E-state index in [9.17, 15) is 33.0 Å². The molecule has 0 bridgehead atoms. The van der Waals surface area contributed by atoms with E-state index in [1.165, 1.54) is 29.2 Å². The van der Waals surface area contributed by atoms with Crippen molar-refractivity contribution in [1.82, 2.24) is 15.1 Å². The molecule has 2 aromatic carbocycles. The van der Waals surface area contributed by atoms with Crippen LogP contribution in [0.3, 0.4) is 0 Å². The molecule has 1 aliphatic heterocycles. The zero-order valence-electron chi connectivity index (χ0n) is 21.9. The number of carbonyl (C=O) groups is 2. The van der Waals surface area contributed by atoms with E-state index in [1.807, 2.05) is 0 Å². The van der Waals surface area contributed by atoms with Crippen LogP contribution in [0.5, 0.6) is 5.75 Å². The first kappa shape index (κ1) is 31.4. The summed E-state index contributed by atoms with van der Waals surface area (Å²) < 4.78 is 38.9. The topological polar surface area (TPSA) is 155 Å². The molecule has 2 aromatic rings. The number of nitrogens with one attached hydrogen (secondary N) is 2. The number of piperidine rings is 1. The third-order valence-electron chi connectivity index (χ3n) is 6.30. The van der Waals surface area contributed by atoms with Gasteiger partial charge in [0, 0.05) is 29.4 Å². The highest BCUT2D eigenvalue weighted by Crippen LogP contribution is 2.22. The minimum absolute atomic E-state index is 0.0526. The number of aliphatic imine (C=N–C) groups is 1. The van der Waals surface area contributed by atoms with Crippen LogP contribution >= 0.6 is 11.6 Å². The second kappa shape index (κ2) is 14.0. The molecule has 1 aliphatic rings. The summed E-state index contributed by atoms with van der Waals surface area (Å²) >= 11 is 6.23. The second-order valence-electron chi connectivity index (χ2n) is 9.15. The number of urea groups is 1. The highest BCUT2D eigenvalue weighted by Gasteiger charge is 2.31. The Bertz CT molecular complexity index is 1330. The van der Waals surface area contributed by atoms with Gasteiger partial charge in [0.05, 0.1) is 31.8 Å². The molecule has 0 aromatic heterocycles. The number of hydrogen-bond donors (Lipinski definition) is 5. The van der Waals surface area contributed by atoms with Crippen molar-refractivity contribution >= 4 is 35.1 Å². The van der Waals surface area contributed by atoms with E-state index in [4.69, 9.17) is 22.7 Å². The number of likely N-dealkylation sites (tertiary alicyclic amines) is 1. The van der Waals surface area contributed by atoms with Gasteiger partial charge in [0.15, 0.2) is 0 Å². The summed E-state index contributed by atoms with van der Waals surface area (Å²) in [6.45, 7) is -1.29. The molecular formula is C27H30ClF3N6O4. The third kappa shape index (κ3) is 8.95. The summed E-state index contributed by atoms with van der Waals surface area (Å²) in [5.74, 6) is -1.09. The number of amidine groups is 1. The van der Waals surface area contributed by atoms with Crippen molar-refractivity contribution < 1.29 is 33.0 Å². The Balaban J connectivity index is 1.81. The molecule has 3 amide bonds. The molecule has 1 heterocycles. The van der Waals surface area contributed by atoms with Gasteiger partial charge >= 0.3 is 12.2 Å². The van der Waals surface area contributed by atoms with Gasteiger partial charge in [0.25, 0.3) is 0 Å². The maximum atomic E-state index is 13.0. The Kier molecular flexibility index (Phi) is 10.7. The normalized spacial score (nSPS) is 15.9. The van der Waals surface area contributed by atoms with Gasteiger partial charge in [-0.1, -0.05) is 29.8 Å². The maximum Gasteiger partial charge on any atom is 0.390 e. The van der Waals surface area contributed by atoms with Crippen molar-refractivity contribution in [1.29, 1.82) is 5.41 Å². The number of halogens is 4. The fraction of sp³-hybridized carbons (Fsp3) is 0.333. The van der Waals surface area contributed by atoms with Gasteiger partial charge < -0.3 is 26.2 Å². The van der Waals surface area contributed by atoms with Gasteiger partial charge in [-0.3, -0.25) is 20.1 Å². The summed E-state index contributed by atoms with van der Waals surface area (Å²) in [6.07, 6.45) is -5.65. The molecule has 0 spiro atoms. The fourth-order valence-corrected chi connectivity index (χ4v) is 4.25. The molecule has 1 saturated heterocycles. The van der Waals surface area contributed by atoms with Crippen LogP contribution in [0.15, 0.2) is 64.8 Å². The largest absolute Gasteiger partial charge is 0.508 e. The Morgan fingerprint density at radius 1 is 1.17 bits per heavy atom. The maximum absolute atomic E-state index is 13.0. The number of amides is 3. The minimum Gasteiger partial charge on any atom is -0.508 e. The third-order valence-corrected chi connectivity index (χ3v) is 6.67. The standard InChI is InChI=1S/C27H30ClF3N6O4/c28-21-4-2-1-3-18(21)13-34-23-15-36(24(40)16-38)11-9-20(23)22(32)14-35-26(41)37(12-10-27(29,30)31)25(33)17-5-7-19(39)8-6-17/h1-8,33,38-39H,9-16,32H2,(H,35,41)/b22-20-,33-25?,34-23?. The molecule has 10 nitrogen and oxygen atoms in total. The zero-order chi connectivity index (χ0) is 30.2. The van der Waals surface area contributed by atoms with Crippen LogP contribution in [0, 0.1) is 5.41 Å². The molecule has 6 N–H and O–H groups in total. The molecule has 1 fully saturated rings. The molecule has 0 saturated carbocycles. The Hall–Kier alpha value is -4.10.